The van der Waals surface area contributed by atoms with E-state index in [1.54, 1.807) is 18.2 Å². The van der Waals surface area contributed by atoms with Crippen LogP contribution in [0.2, 0.25) is 0 Å². The van der Waals surface area contributed by atoms with E-state index in [1.165, 1.54) is 12.1 Å². The molecule has 0 spiro atoms. The fourth-order valence-electron chi connectivity index (χ4n) is 1.32. The standard InChI is InChI=1S/C13H15FO2/c1-13(2,3)11(12(15)16)8-9-4-6-10(14)7-5-9/h4-8H,1-3H3,(H,15,16). The van der Waals surface area contributed by atoms with E-state index < -0.39 is 11.4 Å². The molecule has 3 heteroatoms. The lowest BCUT2D eigenvalue weighted by atomic mass is 9.85. The Bertz CT molecular complexity index is 411. The molecule has 1 aromatic rings. The average molecular weight is 222 g/mol. The molecule has 0 saturated heterocycles. The third-order valence-corrected chi connectivity index (χ3v) is 2.22. The number of carboxylic acid groups (broad SMARTS) is 1. The van der Waals surface area contributed by atoms with Crippen molar-refractivity contribution in [3.05, 3.63) is 41.2 Å². The Balaban J connectivity index is 3.13. The van der Waals surface area contributed by atoms with Crippen LogP contribution in [-0.4, -0.2) is 11.1 Å². The van der Waals surface area contributed by atoms with Crippen LogP contribution in [0.25, 0.3) is 6.08 Å². The van der Waals surface area contributed by atoms with Crippen molar-refractivity contribution in [2.45, 2.75) is 20.8 Å². The summed E-state index contributed by atoms with van der Waals surface area (Å²) in [5.74, 6) is -1.28. The summed E-state index contributed by atoms with van der Waals surface area (Å²) in [4.78, 5) is 11.1. The van der Waals surface area contributed by atoms with Crippen molar-refractivity contribution in [1.82, 2.24) is 0 Å². The maximum atomic E-state index is 12.7. The first-order valence-electron chi connectivity index (χ1n) is 5.02. The summed E-state index contributed by atoms with van der Waals surface area (Å²) >= 11 is 0. The molecule has 1 aromatic carbocycles. The van der Waals surface area contributed by atoms with Gasteiger partial charge in [-0.2, -0.15) is 0 Å². The van der Waals surface area contributed by atoms with Gasteiger partial charge in [-0.1, -0.05) is 32.9 Å². The number of carbonyl (C=O) groups is 1. The summed E-state index contributed by atoms with van der Waals surface area (Å²) in [5.41, 5.74) is 0.549. The molecule has 0 heterocycles. The van der Waals surface area contributed by atoms with Crippen molar-refractivity contribution >= 4 is 12.0 Å². The van der Waals surface area contributed by atoms with Crippen LogP contribution in [0.5, 0.6) is 0 Å². The van der Waals surface area contributed by atoms with Crippen molar-refractivity contribution in [3.8, 4) is 0 Å². The SMILES string of the molecule is CC(C)(C)C(=Cc1ccc(F)cc1)C(=O)O. The fourth-order valence-corrected chi connectivity index (χ4v) is 1.32. The number of hydrogen-bond donors (Lipinski definition) is 1. The molecule has 0 aromatic heterocycles. The smallest absolute Gasteiger partial charge is 0.332 e. The van der Waals surface area contributed by atoms with Gasteiger partial charge in [0.25, 0.3) is 0 Å². The maximum absolute atomic E-state index is 12.7. The lowest BCUT2D eigenvalue weighted by Crippen LogP contribution is -2.17. The first-order chi connectivity index (χ1) is 7.30. The Hall–Kier alpha value is -1.64. The topological polar surface area (TPSA) is 37.3 Å². The molecule has 0 bridgehead atoms. The molecule has 0 aliphatic heterocycles. The molecule has 1 rings (SSSR count). The monoisotopic (exact) mass is 222 g/mol. The number of hydrogen-bond acceptors (Lipinski definition) is 1. The minimum absolute atomic E-state index is 0.305. The van der Waals surface area contributed by atoms with Gasteiger partial charge in [-0.3, -0.25) is 0 Å². The summed E-state index contributed by atoms with van der Waals surface area (Å²) in [6.07, 6.45) is 1.57. The molecule has 16 heavy (non-hydrogen) atoms. The number of aliphatic carboxylic acids is 1. The highest BCUT2D eigenvalue weighted by atomic mass is 19.1. The van der Waals surface area contributed by atoms with Crippen molar-refractivity contribution in [1.29, 1.82) is 0 Å². The Morgan fingerprint density at radius 3 is 2.12 bits per heavy atom. The van der Waals surface area contributed by atoms with E-state index in [9.17, 15) is 9.18 Å². The summed E-state index contributed by atoms with van der Waals surface area (Å²) < 4.78 is 12.7. The molecular formula is C13H15FO2. The van der Waals surface area contributed by atoms with Gasteiger partial charge in [0.2, 0.25) is 0 Å². The van der Waals surface area contributed by atoms with E-state index >= 15 is 0 Å². The Morgan fingerprint density at radius 1 is 1.25 bits per heavy atom. The largest absolute Gasteiger partial charge is 0.478 e. The van der Waals surface area contributed by atoms with Crippen LogP contribution in [-0.2, 0) is 4.79 Å². The van der Waals surface area contributed by atoms with Crippen LogP contribution in [0.15, 0.2) is 29.8 Å². The molecule has 0 aliphatic rings. The second kappa shape index (κ2) is 4.47. The van der Waals surface area contributed by atoms with Crippen molar-refractivity contribution in [2.24, 2.45) is 5.41 Å². The average Bonchev–Trinajstić information content (AvgIpc) is 2.14. The van der Waals surface area contributed by atoms with E-state index in [4.69, 9.17) is 5.11 Å². The van der Waals surface area contributed by atoms with E-state index in [0.717, 1.165) is 0 Å². The van der Waals surface area contributed by atoms with Gasteiger partial charge >= 0.3 is 5.97 Å². The van der Waals surface area contributed by atoms with Crippen LogP contribution >= 0.6 is 0 Å². The second-order valence-corrected chi connectivity index (χ2v) is 4.66. The van der Waals surface area contributed by atoms with Crippen LogP contribution in [0.1, 0.15) is 26.3 Å². The minimum atomic E-state index is -0.947. The highest BCUT2D eigenvalue weighted by Gasteiger charge is 2.23. The lowest BCUT2D eigenvalue weighted by Gasteiger charge is -2.19. The zero-order valence-corrected chi connectivity index (χ0v) is 9.62. The van der Waals surface area contributed by atoms with Gasteiger partial charge in [-0.15, -0.1) is 0 Å². The predicted octanol–water partition coefficient (Wildman–Crippen LogP) is 3.34. The molecule has 0 unspecified atom stereocenters. The van der Waals surface area contributed by atoms with Crippen LogP contribution < -0.4 is 0 Å². The molecule has 0 saturated carbocycles. The Morgan fingerprint density at radius 2 is 1.75 bits per heavy atom. The summed E-state index contributed by atoms with van der Waals surface area (Å²) in [5, 5.41) is 9.08. The summed E-state index contributed by atoms with van der Waals surface area (Å²) in [6, 6.07) is 5.75. The van der Waals surface area contributed by atoms with E-state index in [1.807, 2.05) is 20.8 Å². The summed E-state index contributed by atoms with van der Waals surface area (Å²) in [6.45, 7) is 5.49. The Kier molecular flexibility index (Phi) is 3.48. The molecule has 1 N–H and O–H groups in total. The highest BCUT2D eigenvalue weighted by Crippen LogP contribution is 2.27. The zero-order valence-electron chi connectivity index (χ0n) is 9.62. The molecule has 0 aliphatic carbocycles. The first-order valence-corrected chi connectivity index (χ1v) is 5.02. The number of halogens is 1. The van der Waals surface area contributed by atoms with Crippen molar-refractivity contribution in [3.63, 3.8) is 0 Å². The third-order valence-electron chi connectivity index (χ3n) is 2.22. The lowest BCUT2D eigenvalue weighted by molar-refractivity contribution is -0.133. The Labute approximate surface area is 94.4 Å². The predicted molar refractivity (Wildman–Crippen MR) is 61.5 cm³/mol. The molecule has 0 amide bonds. The van der Waals surface area contributed by atoms with Gasteiger partial charge in [0.1, 0.15) is 5.82 Å². The van der Waals surface area contributed by atoms with E-state index in [2.05, 4.69) is 0 Å². The van der Waals surface area contributed by atoms with Crippen LogP contribution in [0, 0.1) is 11.2 Å². The molecule has 0 fully saturated rings. The summed E-state index contributed by atoms with van der Waals surface area (Å²) in [7, 11) is 0. The van der Waals surface area contributed by atoms with Crippen molar-refractivity contribution < 1.29 is 14.3 Å². The van der Waals surface area contributed by atoms with E-state index in [-0.39, 0.29) is 5.82 Å². The number of rotatable bonds is 2. The van der Waals surface area contributed by atoms with Gasteiger partial charge in [-0.05, 0) is 29.2 Å². The van der Waals surface area contributed by atoms with Crippen LogP contribution in [0.4, 0.5) is 4.39 Å². The van der Waals surface area contributed by atoms with Gasteiger partial charge in [0.15, 0.2) is 0 Å². The van der Waals surface area contributed by atoms with Crippen LogP contribution in [0.3, 0.4) is 0 Å². The number of carboxylic acids is 1. The van der Waals surface area contributed by atoms with Gasteiger partial charge in [-0.25, -0.2) is 9.18 Å². The fraction of sp³-hybridized carbons (Fsp3) is 0.308. The molecule has 86 valence electrons. The quantitative estimate of drug-likeness (QED) is 0.779. The molecule has 0 radical (unpaired) electrons. The van der Waals surface area contributed by atoms with Gasteiger partial charge in [0, 0.05) is 5.57 Å². The van der Waals surface area contributed by atoms with Gasteiger partial charge < -0.3 is 5.11 Å². The maximum Gasteiger partial charge on any atom is 0.332 e. The zero-order chi connectivity index (χ0) is 12.3. The molecule has 2 nitrogen and oxygen atoms in total. The van der Waals surface area contributed by atoms with Crippen molar-refractivity contribution in [2.75, 3.05) is 0 Å². The minimum Gasteiger partial charge on any atom is -0.478 e. The van der Waals surface area contributed by atoms with E-state index in [0.29, 0.717) is 11.1 Å². The number of benzene rings is 1. The highest BCUT2D eigenvalue weighted by molar-refractivity contribution is 5.93. The molecule has 0 atom stereocenters. The second-order valence-electron chi connectivity index (χ2n) is 4.66. The normalized spacial score (nSPS) is 12.6. The van der Waals surface area contributed by atoms with Gasteiger partial charge in [0.05, 0.1) is 0 Å². The molecular weight excluding hydrogens is 207 g/mol. The third kappa shape index (κ3) is 3.19. The first kappa shape index (κ1) is 12.4.